The van der Waals surface area contributed by atoms with E-state index in [1.165, 1.54) is 6.26 Å². The molecule has 0 aliphatic carbocycles. The van der Waals surface area contributed by atoms with Gasteiger partial charge < -0.3 is 0 Å². The van der Waals surface area contributed by atoms with Gasteiger partial charge in [0.15, 0.2) is 0 Å². The molecule has 3 saturated heterocycles. The predicted molar refractivity (Wildman–Crippen MR) is 87.6 cm³/mol. The fourth-order valence-corrected chi connectivity index (χ4v) is 4.80. The number of pyridine rings is 1. The molecule has 4 rings (SSSR count). The highest BCUT2D eigenvalue weighted by Gasteiger charge is 2.37. The minimum atomic E-state index is -3.14. The van der Waals surface area contributed by atoms with E-state index in [1.807, 2.05) is 0 Å². The number of sulfonamides is 1. The van der Waals surface area contributed by atoms with Gasteiger partial charge in [-0.15, -0.1) is 0 Å². The second kappa shape index (κ2) is 6.24. The Morgan fingerprint density at radius 3 is 2.50 bits per heavy atom. The highest BCUT2D eigenvalue weighted by molar-refractivity contribution is 7.88. The van der Waals surface area contributed by atoms with Gasteiger partial charge >= 0.3 is 0 Å². The van der Waals surface area contributed by atoms with Crippen LogP contribution in [0.15, 0.2) is 12.4 Å². The van der Waals surface area contributed by atoms with Crippen molar-refractivity contribution < 1.29 is 8.42 Å². The zero-order valence-electron chi connectivity index (χ0n) is 12.4. The van der Waals surface area contributed by atoms with E-state index in [0.717, 1.165) is 24.9 Å². The maximum absolute atomic E-state index is 11.9. The molecule has 8 heteroatoms. The third-order valence-electron chi connectivity index (χ3n) is 4.58. The highest BCUT2D eigenvalue weighted by atomic mass is 35.5. The van der Waals surface area contributed by atoms with E-state index in [2.05, 4.69) is 9.88 Å². The molecule has 4 heterocycles. The molecule has 0 saturated carbocycles. The number of fused-ring (bicyclic) bond motifs is 4. The Kier molecular flexibility index (Phi) is 4.67. The molecule has 1 aromatic heterocycles. The van der Waals surface area contributed by atoms with Crippen LogP contribution in [-0.4, -0.2) is 54.5 Å². The van der Waals surface area contributed by atoms with Crippen LogP contribution in [0.3, 0.4) is 0 Å². The van der Waals surface area contributed by atoms with Gasteiger partial charge in [-0.2, -0.15) is 0 Å². The van der Waals surface area contributed by atoms with Crippen molar-refractivity contribution in [3.8, 4) is 0 Å². The van der Waals surface area contributed by atoms with Crippen LogP contribution in [0, 0.1) is 5.92 Å². The van der Waals surface area contributed by atoms with Crippen molar-refractivity contribution in [1.82, 2.24) is 14.2 Å². The number of halogens is 2. The second-order valence-electron chi connectivity index (χ2n) is 6.19. The molecule has 22 heavy (non-hydrogen) atoms. The van der Waals surface area contributed by atoms with Crippen LogP contribution in [0.1, 0.15) is 18.4 Å². The number of rotatable bonds is 3. The topological polar surface area (TPSA) is 53.5 Å². The quantitative estimate of drug-likeness (QED) is 0.826. The van der Waals surface area contributed by atoms with Crippen molar-refractivity contribution in [2.45, 2.75) is 25.4 Å². The summed E-state index contributed by atoms with van der Waals surface area (Å²) in [5.41, 5.74) is 0.872. The fraction of sp³-hybridized carbons (Fsp3) is 0.643. The van der Waals surface area contributed by atoms with E-state index >= 15 is 0 Å². The molecular weight excluding hydrogens is 345 g/mol. The SMILES string of the molecule is CS(=O)(=O)N1C[C@H]2CC[C@@H](C1)N(Cc1c(Cl)cncc1Cl)C2. The Morgan fingerprint density at radius 2 is 1.86 bits per heavy atom. The molecule has 0 unspecified atom stereocenters. The number of hydrogen-bond donors (Lipinski definition) is 0. The summed E-state index contributed by atoms with van der Waals surface area (Å²) in [6, 6.07) is 0.216. The first-order chi connectivity index (χ1) is 10.3. The smallest absolute Gasteiger partial charge is 0.211 e. The van der Waals surface area contributed by atoms with Crippen molar-refractivity contribution in [2.24, 2.45) is 5.92 Å². The lowest BCUT2D eigenvalue weighted by molar-refractivity contribution is 0.125. The van der Waals surface area contributed by atoms with E-state index in [9.17, 15) is 8.42 Å². The van der Waals surface area contributed by atoms with Gasteiger partial charge in [-0.1, -0.05) is 23.2 Å². The molecule has 122 valence electrons. The molecule has 0 N–H and O–H groups in total. The van der Waals surface area contributed by atoms with E-state index < -0.39 is 10.0 Å². The largest absolute Gasteiger partial charge is 0.294 e. The average Bonchev–Trinajstić information content (AvgIpc) is 2.74. The van der Waals surface area contributed by atoms with Gasteiger partial charge in [0.05, 0.1) is 16.3 Å². The Morgan fingerprint density at radius 1 is 1.18 bits per heavy atom. The number of hydrogen-bond acceptors (Lipinski definition) is 4. The molecule has 2 bridgehead atoms. The van der Waals surface area contributed by atoms with Crippen LogP contribution in [0.25, 0.3) is 0 Å². The normalized spacial score (nSPS) is 27.0. The van der Waals surface area contributed by atoms with Gasteiger partial charge in [-0.25, -0.2) is 12.7 Å². The highest BCUT2D eigenvalue weighted by Crippen LogP contribution is 2.32. The van der Waals surface area contributed by atoms with Crippen LogP contribution in [0.5, 0.6) is 0 Å². The first-order valence-electron chi connectivity index (χ1n) is 7.31. The van der Waals surface area contributed by atoms with Crippen LogP contribution in [0.2, 0.25) is 10.0 Å². The molecule has 0 aromatic carbocycles. The molecule has 5 nitrogen and oxygen atoms in total. The minimum Gasteiger partial charge on any atom is -0.294 e. The summed E-state index contributed by atoms with van der Waals surface area (Å²) in [6.45, 7) is 2.68. The van der Waals surface area contributed by atoms with E-state index in [-0.39, 0.29) is 6.04 Å². The molecule has 0 amide bonds. The van der Waals surface area contributed by atoms with Gasteiger partial charge in [0.1, 0.15) is 0 Å². The monoisotopic (exact) mass is 363 g/mol. The number of nitrogens with zero attached hydrogens (tertiary/aromatic N) is 3. The first kappa shape index (κ1) is 16.5. The Hall–Kier alpha value is -0.400. The van der Waals surface area contributed by atoms with Crippen LogP contribution in [0.4, 0.5) is 0 Å². The molecule has 1 aromatic rings. The number of aromatic nitrogens is 1. The lowest BCUT2D eigenvalue weighted by Crippen LogP contribution is -2.43. The van der Waals surface area contributed by atoms with Gasteiger partial charge in [-0.3, -0.25) is 9.88 Å². The maximum Gasteiger partial charge on any atom is 0.211 e. The van der Waals surface area contributed by atoms with Crippen LogP contribution < -0.4 is 0 Å². The molecule has 3 fully saturated rings. The second-order valence-corrected chi connectivity index (χ2v) is 8.99. The van der Waals surface area contributed by atoms with Gasteiger partial charge in [0.2, 0.25) is 10.0 Å². The Balaban J connectivity index is 1.82. The van der Waals surface area contributed by atoms with E-state index in [4.69, 9.17) is 23.2 Å². The summed E-state index contributed by atoms with van der Waals surface area (Å²) in [6.07, 6.45) is 6.57. The zero-order chi connectivity index (χ0) is 15.9. The van der Waals surface area contributed by atoms with Gasteiger partial charge in [0, 0.05) is 50.2 Å². The van der Waals surface area contributed by atoms with Crippen molar-refractivity contribution in [1.29, 1.82) is 0 Å². The van der Waals surface area contributed by atoms with Crippen LogP contribution >= 0.6 is 23.2 Å². The van der Waals surface area contributed by atoms with E-state index in [1.54, 1.807) is 16.7 Å². The molecule has 3 aliphatic rings. The third kappa shape index (κ3) is 3.41. The fourth-order valence-electron chi connectivity index (χ4n) is 3.39. The summed E-state index contributed by atoms with van der Waals surface area (Å²) < 4.78 is 25.4. The van der Waals surface area contributed by atoms with Crippen molar-refractivity contribution >= 4 is 33.2 Å². The van der Waals surface area contributed by atoms with Crippen molar-refractivity contribution in [2.75, 3.05) is 25.9 Å². The van der Waals surface area contributed by atoms with Crippen LogP contribution in [-0.2, 0) is 16.6 Å². The summed E-state index contributed by atoms with van der Waals surface area (Å²) in [4.78, 5) is 6.29. The molecule has 2 atom stereocenters. The Bertz CT molecular complexity index is 648. The van der Waals surface area contributed by atoms with Gasteiger partial charge in [0.25, 0.3) is 0 Å². The van der Waals surface area contributed by atoms with Gasteiger partial charge in [-0.05, 0) is 18.8 Å². The summed E-state index contributed by atoms with van der Waals surface area (Å²) in [7, 11) is -3.14. The lowest BCUT2D eigenvalue weighted by Gasteiger charge is -2.36. The summed E-state index contributed by atoms with van der Waals surface area (Å²) in [5, 5.41) is 1.13. The summed E-state index contributed by atoms with van der Waals surface area (Å²) in [5.74, 6) is 0.368. The number of piperidine rings is 1. The lowest BCUT2D eigenvalue weighted by atomic mass is 9.94. The van der Waals surface area contributed by atoms with Crippen molar-refractivity contribution in [3.63, 3.8) is 0 Å². The standard InChI is InChI=1S/C14H19Cl2N3O2S/c1-22(20,21)19-7-10-2-3-11(8-19)18(6-10)9-12-13(15)4-17-5-14(12)16/h4-5,10-11H,2-3,6-9H2,1H3/t10-,11-/m0/s1. The first-order valence-corrected chi connectivity index (χ1v) is 9.92. The third-order valence-corrected chi connectivity index (χ3v) is 6.46. The molecule has 0 spiro atoms. The summed E-state index contributed by atoms with van der Waals surface area (Å²) >= 11 is 12.4. The van der Waals surface area contributed by atoms with Crippen molar-refractivity contribution in [3.05, 3.63) is 28.0 Å². The molecule has 0 radical (unpaired) electrons. The van der Waals surface area contributed by atoms with E-state index in [0.29, 0.717) is 35.6 Å². The molecular formula is C14H19Cl2N3O2S. The predicted octanol–water partition coefficient (Wildman–Crippen LogP) is 2.24. The zero-order valence-corrected chi connectivity index (χ0v) is 14.7. The average molecular weight is 364 g/mol. The Labute approximate surface area is 141 Å². The maximum atomic E-state index is 11.9. The molecule has 3 aliphatic heterocycles. The minimum absolute atomic E-state index is 0.216.